The van der Waals surface area contributed by atoms with E-state index in [9.17, 15) is 19.2 Å². The molecule has 1 aromatic carbocycles. The van der Waals surface area contributed by atoms with Gasteiger partial charge in [-0.3, -0.25) is 9.32 Å². The first-order chi connectivity index (χ1) is 14.7. The number of aromatic amines is 1. The van der Waals surface area contributed by atoms with Gasteiger partial charge in [-0.15, -0.1) is 11.3 Å². The van der Waals surface area contributed by atoms with E-state index in [1.165, 1.54) is 23.9 Å². The Labute approximate surface area is 181 Å². The summed E-state index contributed by atoms with van der Waals surface area (Å²) < 4.78 is 19.4. The highest BCUT2D eigenvalue weighted by atomic mass is 35.5. The van der Waals surface area contributed by atoms with Gasteiger partial charge in [0.1, 0.15) is 33.0 Å². The minimum atomic E-state index is -0.761. The number of thiophene rings is 1. The number of amides is 1. The molecule has 4 aromatic rings. The smallest absolute Gasteiger partial charge is 0.397 e. The molecule has 4 rings (SSSR count). The molecular weight excluding hydrogens is 449 g/mol. The Morgan fingerprint density at radius 2 is 2.19 bits per heavy atom. The molecule has 0 radical (unpaired) electrons. The maximum Gasteiger partial charge on any atom is 0.435 e. The van der Waals surface area contributed by atoms with E-state index < -0.39 is 17.3 Å². The Balaban J connectivity index is 1.92. The SMILES string of the molecule is C[n+]1[nH]oc(=O)c1-c1c(C#N)c(N)nc2sc(C(=O)Nc3ccc(F)c(Cl)c3)c(N)c12. The summed E-state index contributed by atoms with van der Waals surface area (Å²) in [5, 5.41) is 14.6. The molecule has 156 valence electrons. The average Bonchev–Trinajstić information content (AvgIpc) is 3.22. The highest BCUT2D eigenvalue weighted by molar-refractivity contribution is 7.21. The predicted octanol–water partition coefficient (Wildman–Crippen LogP) is 2.15. The molecule has 10 nitrogen and oxygen atoms in total. The molecule has 31 heavy (non-hydrogen) atoms. The van der Waals surface area contributed by atoms with E-state index in [0.29, 0.717) is 0 Å². The van der Waals surface area contributed by atoms with Gasteiger partial charge in [0, 0.05) is 5.69 Å². The van der Waals surface area contributed by atoms with Crippen molar-refractivity contribution < 1.29 is 18.4 Å². The summed E-state index contributed by atoms with van der Waals surface area (Å²) in [6.45, 7) is 0. The number of hydrogen-bond acceptors (Lipinski definition) is 8. The number of benzene rings is 1. The Morgan fingerprint density at radius 3 is 2.81 bits per heavy atom. The monoisotopic (exact) mass is 460 g/mol. The second-order valence-electron chi connectivity index (χ2n) is 6.36. The summed E-state index contributed by atoms with van der Waals surface area (Å²) in [6.07, 6.45) is 0. The van der Waals surface area contributed by atoms with Gasteiger partial charge in [0.15, 0.2) is 7.05 Å². The highest BCUT2D eigenvalue weighted by Gasteiger charge is 2.32. The van der Waals surface area contributed by atoms with Crippen LogP contribution in [0.5, 0.6) is 0 Å². The zero-order valence-corrected chi connectivity index (χ0v) is 17.2. The van der Waals surface area contributed by atoms with E-state index in [4.69, 9.17) is 27.6 Å². The Morgan fingerprint density at radius 1 is 1.45 bits per heavy atom. The van der Waals surface area contributed by atoms with Crippen LogP contribution >= 0.6 is 22.9 Å². The van der Waals surface area contributed by atoms with Crippen molar-refractivity contribution in [3.8, 4) is 17.3 Å². The number of rotatable bonds is 3. The number of nitrogens with two attached hydrogens (primary N) is 2. The molecule has 13 heteroatoms. The van der Waals surface area contributed by atoms with Crippen LogP contribution in [0.25, 0.3) is 21.5 Å². The summed E-state index contributed by atoms with van der Waals surface area (Å²) in [4.78, 5) is 29.6. The molecule has 0 spiro atoms. The number of aryl methyl sites for hydroxylation is 1. The van der Waals surface area contributed by atoms with E-state index in [1.54, 1.807) is 0 Å². The number of aromatic nitrogens is 3. The maximum absolute atomic E-state index is 13.4. The Bertz CT molecular complexity index is 1480. The van der Waals surface area contributed by atoms with Gasteiger partial charge >= 0.3 is 11.3 Å². The van der Waals surface area contributed by atoms with Gasteiger partial charge in [0.2, 0.25) is 0 Å². The van der Waals surface area contributed by atoms with Crippen LogP contribution in [-0.4, -0.2) is 16.2 Å². The van der Waals surface area contributed by atoms with Crippen molar-refractivity contribution in [2.45, 2.75) is 0 Å². The van der Waals surface area contributed by atoms with Gasteiger partial charge in [0.25, 0.3) is 5.91 Å². The molecule has 0 aliphatic heterocycles. The van der Waals surface area contributed by atoms with Crippen LogP contribution in [0, 0.1) is 17.1 Å². The lowest BCUT2D eigenvalue weighted by Crippen LogP contribution is -2.34. The van der Waals surface area contributed by atoms with E-state index in [0.717, 1.165) is 17.4 Å². The molecule has 0 saturated heterocycles. The van der Waals surface area contributed by atoms with Crippen LogP contribution in [-0.2, 0) is 7.05 Å². The molecule has 0 unspecified atom stereocenters. The molecule has 1 amide bonds. The first-order valence-electron chi connectivity index (χ1n) is 8.48. The fourth-order valence-corrected chi connectivity index (χ4v) is 4.25. The van der Waals surface area contributed by atoms with E-state index in [1.807, 2.05) is 6.07 Å². The highest BCUT2D eigenvalue weighted by Crippen LogP contribution is 2.41. The van der Waals surface area contributed by atoms with Crippen molar-refractivity contribution in [2.75, 3.05) is 16.8 Å². The third-order valence-corrected chi connectivity index (χ3v) is 5.83. The molecule has 3 aromatic heterocycles. The molecule has 0 aliphatic carbocycles. The molecular formula is C18H12ClFN7O3S+. The van der Waals surface area contributed by atoms with Gasteiger partial charge in [-0.1, -0.05) is 16.3 Å². The van der Waals surface area contributed by atoms with Crippen molar-refractivity contribution in [2.24, 2.45) is 7.05 Å². The largest absolute Gasteiger partial charge is 0.435 e. The van der Waals surface area contributed by atoms with Gasteiger partial charge in [-0.05, 0) is 23.5 Å². The molecule has 6 N–H and O–H groups in total. The number of nitrogens with zero attached hydrogens (tertiary/aromatic N) is 3. The summed E-state index contributed by atoms with van der Waals surface area (Å²) in [7, 11) is 1.50. The third-order valence-electron chi connectivity index (χ3n) is 4.44. The zero-order valence-electron chi connectivity index (χ0n) is 15.6. The number of nitrogens with one attached hydrogen (secondary N) is 2. The molecule has 0 saturated carbocycles. The van der Waals surface area contributed by atoms with Crippen molar-refractivity contribution in [3.05, 3.63) is 49.9 Å². The fraction of sp³-hybridized carbons (Fsp3) is 0.0556. The number of fused-ring (bicyclic) bond motifs is 1. The number of nitriles is 1. The molecule has 3 heterocycles. The number of hydrogen-bond donors (Lipinski definition) is 4. The summed E-state index contributed by atoms with van der Waals surface area (Å²) in [6, 6.07) is 5.61. The summed E-state index contributed by atoms with van der Waals surface area (Å²) >= 11 is 6.67. The van der Waals surface area contributed by atoms with Crippen molar-refractivity contribution >= 4 is 56.3 Å². The van der Waals surface area contributed by atoms with Gasteiger partial charge in [-0.25, -0.2) is 14.2 Å². The molecule has 0 aliphatic rings. The number of carbonyl (C=O) groups excluding carboxylic acids is 1. The van der Waals surface area contributed by atoms with Crippen molar-refractivity contribution in [1.29, 1.82) is 5.26 Å². The standard InChI is InChI=1S/C18H11ClFN7O3S/c1-27-13(18(29)30-26-27)10-7(5-21)15(23)25-17-11(10)12(22)14(31-17)16(28)24-6-2-3-9(20)8(19)4-6/h2-4H,1H3,(H5-,22,23,24,25,26,28,29)/p+1. The van der Waals surface area contributed by atoms with Crippen LogP contribution in [0.3, 0.4) is 0 Å². The van der Waals surface area contributed by atoms with Crippen LogP contribution in [0.2, 0.25) is 5.02 Å². The fourth-order valence-electron chi connectivity index (χ4n) is 3.06. The van der Waals surface area contributed by atoms with Crippen LogP contribution in [0.15, 0.2) is 27.5 Å². The predicted molar refractivity (Wildman–Crippen MR) is 112 cm³/mol. The van der Waals surface area contributed by atoms with Crippen LogP contribution < -0.4 is 27.1 Å². The molecule has 0 bridgehead atoms. The third kappa shape index (κ3) is 3.25. The van der Waals surface area contributed by atoms with E-state index in [2.05, 4.69) is 15.6 Å². The number of pyridine rings is 1. The number of halogens is 2. The Hall–Kier alpha value is -3.95. The van der Waals surface area contributed by atoms with E-state index in [-0.39, 0.29) is 54.1 Å². The number of nitrogen functional groups attached to an aromatic ring is 2. The van der Waals surface area contributed by atoms with E-state index >= 15 is 0 Å². The van der Waals surface area contributed by atoms with Gasteiger partial charge in [-0.2, -0.15) is 5.26 Å². The van der Waals surface area contributed by atoms with Gasteiger partial charge < -0.3 is 16.8 Å². The second-order valence-corrected chi connectivity index (χ2v) is 7.76. The quantitative estimate of drug-likeness (QED) is 0.339. The minimum Gasteiger partial charge on any atom is -0.397 e. The zero-order chi connectivity index (χ0) is 22.4. The second kappa shape index (κ2) is 7.38. The summed E-state index contributed by atoms with van der Waals surface area (Å²) in [5.74, 6) is -1.38. The lowest BCUT2D eigenvalue weighted by atomic mass is 10.0. The topological polar surface area (TPSA) is 168 Å². The van der Waals surface area contributed by atoms with Crippen molar-refractivity contribution in [3.63, 3.8) is 0 Å². The lowest BCUT2D eigenvalue weighted by Gasteiger charge is -2.06. The van der Waals surface area contributed by atoms with Gasteiger partial charge in [0.05, 0.1) is 21.7 Å². The normalized spacial score (nSPS) is 10.9. The minimum absolute atomic E-state index is 0.00897. The van der Waals surface area contributed by atoms with Crippen LogP contribution in [0.1, 0.15) is 15.2 Å². The Kier molecular flexibility index (Phi) is 4.84. The average molecular weight is 461 g/mol. The number of anilines is 3. The molecule has 0 fully saturated rings. The summed E-state index contributed by atoms with van der Waals surface area (Å²) in [5.41, 5.74) is 11.6. The first kappa shape index (κ1) is 20.3. The number of H-pyrrole nitrogens is 1. The molecule has 0 atom stereocenters. The lowest BCUT2D eigenvalue weighted by molar-refractivity contribution is -0.730. The van der Waals surface area contributed by atoms with Crippen LogP contribution in [0.4, 0.5) is 21.6 Å². The number of carbonyl (C=O) groups is 1. The van der Waals surface area contributed by atoms with Crippen molar-refractivity contribution in [1.82, 2.24) is 10.3 Å². The first-order valence-corrected chi connectivity index (χ1v) is 9.68. The maximum atomic E-state index is 13.4.